The SMILES string of the molecule is Cc1ccc(-c2sc(NC(=O)c3ccccc3)nc2-c2ccc([N+](=O)[O-])cc2)c(C)c1. The van der Waals surface area contributed by atoms with E-state index in [-0.39, 0.29) is 11.6 Å². The second-order valence-corrected chi connectivity index (χ2v) is 8.14. The number of hydrogen-bond acceptors (Lipinski definition) is 5. The Balaban J connectivity index is 1.78. The summed E-state index contributed by atoms with van der Waals surface area (Å²) in [6, 6.07) is 21.4. The fourth-order valence-electron chi connectivity index (χ4n) is 3.32. The van der Waals surface area contributed by atoms with Crippen LogP contribution in [0.5, 0.6) is 0 Å². The van der Waals surface area contributed by atoms with Gasteiger partial charge >= 0.3 is 0 Å². The number of hydrogen-bond donors (Lipinski definition) is 1. The maximum Gasteiger partial charge on any atom is 0.269 e. The number of rotatable bonds is 5. The molecule has 0 spiro atoms. The molecule has 4 aromatic rings. The topological polar surface area (TPSA) is 85.1 Å². The normalized spacial score (nSPS) is 10.6. The molecule has 4 rings (SSSR count). The van der Waals surface area contributed by atoms with Crippen LogP contribution in [0.1, 0.15) is 21.5 Å². The van der Waals surface area contributed by atoms with E-state index < -0.39 is 4.92 Å². The second kappa shape index (κ2) is 8.49. The predicted molar refractivity (Wildman–Crippen MR) is 124 cm³/mol. The maximum absolute atomic E-state index is 12.6. The molecule has 0 saturated carbocycles. The average Bonchev–Trinajstić information content (AvgIpc) is 3.17. The van der Waals surface area contributed by atoms with Crippen LogP contribution >= 0.6 is 11.3 Å². The van der Waals surface area contributed by atoms with Crippen LogP contribution in [0, 0.1) is 24.0 Å². The van der Waals surface area contributed by atoms with Crippen molar-refractivity contribution in [2.24, 2.45) is 0 Å². The molecule has 154 valence electrons. The number of thiazole rings is 1. The highest BCUT2D eigenvalue weighted by Gasteiger charge is 2.19. The van der Waals surface area contributed by atoms with Gasteiger partial charge in [-0.2, -0.15) is 0 Å². The molecule has 0 aliphatic rings. The van der Waals surface area contributed by atoms with E-state index in [1.165, 1.54) is 23.5 Å². The standard InChI is InChI=1S/C24H19N3O3S/c1-15-8-13-20(16(2)14-15)22-21(17-9-11-19(12-10-17)27(29)30)25-24(31-22)26-23(28)18-6-4-3-5-7-18/h3-14H,1-2H3,(H,25,26,28). The molecule has 0 saturated heterocycles. The predicted octanol–water partition coefficient (Wildman–Crippen LogP) is 6.25. The molecule has 0 aliphatic heterocycles. The fourth-order valence-corrected chi connectivity index (χ4v) is 4.39. The number of benzene rings is 3. The third kappa shape index (κ3) is 4.36. The van der Waals surface area contributed by atoms with E-state index in [1.54, 1.807) is 36.4 Å². The monoisotopic (exact) mass is 429 g/mol. The average molecular weight is 430 g/mol. The van der Waals surface area contributed by atoms with Crippen molar-refractivity contribution in [3.63, 3.8) is 0 Å². The molecule has 0 unspecified atom stereocenters. The molecule has 31 heavy (non-hydrogen) atoms. The van der Waals surface area contributed by atoms with Crippen LogP contribution in [0.3, 0.4) is 0 Å². The van der Waals surface area contributed by atoms with E-state index in [9.17, 15) is 14.9 Å². The first-order valence-corrected chi connectivity index (χ1v) is 10.4. The first-order chi connectivity index (χ1) is 14.9. The molecule has 0 radical (unpaired) electrons. The lowest BCUT2D eigenvalue weighted by atomic mass is 10.0. The Kier molecular flexibility index (Phi) is 5.60. The van der Waals surface area contributed by atoms with E-state index in [0.717, 1.165) is 27.1 Å². The Hall–Kier alpha value is -3.84. The zero-order chi connectivity index (χ0) is 22.0. The van der Waals surface area contributed by atoms with E-state index in [4.69, 9.17) is 0 Å². The van der Waals surface area contributed by atoms with Crippen LogP contribution in [0.2, 0.25) is 0 Å². The van der Waals surface area contributed by atoms with E-state index >= 15 is 0 Å². The van der Waals surface area contributed by atoms with Crippen molar-refractivity contribution in [1.29, 1.82) is 0 Å². The molecule has 0 fully saturated rings. The summed E-state index contributed by atoms with van der Waals surface area (Å²) in [5, 5.41) is 14.4. The van der Waals surface area contributed by atoms with E-state index in [1.807, 2.05) is 32.0 Å². The molecule has 0 aliphatic carbocycles. The smallest absolute Gasteiger partial charge is 0.269 e. The lowest BCUT2D eigenvalue weighted by molar-refractivity contribution is -0.384. The number of carbonyl (C=O) groups is 1. The Morgan fingerprint density at radius 3 is 2.35 bits per heavy atom. The number of non-ortho nitro benzene ring substituents is 1. The summed E-state index contributed by atoms with van der Waals surface area (Å²) in [5.74, 6) is -0.239. The van der Waals surface area contributed by atoms with Crippen molar-refractivity contribution < 1.29 is 9.72 Å². The summed E-state index contributed by atoms with van der Waals surface area (Å²) in [6.07, 6.45) is 0. The molecule has 1 N–H and O–H groups in total. The van der Waals surface area contributed by atoms with E-state index in [0.29, 0.717) is 16.4 Å². The third-order valence-corrected chi connectivity index (χ3v) is 5.87. The van der Waals surface area contributed by atoms with Crippen LogP contribution in [0.4, 0.5) is 10.8 Å². The molecule has 3 aromatic carbocycles. The van der Waals surface area contributed by atoms with Crippen molar-refractivity contribution in [2.75, 3.05) is 5.32 Å². The Labute approximate surface area is 183 Å². The number of nitrogens with zero attached hydrogens (tertiary/aromatic N) is 2. The van der Waals surface area contributed by atoms with Gasteiger partial charge in [-0.1, -0.05) is 53.3 Å². The van der Waals surface area contributed by atoms with Gasteiger partial charge in [0.25, 0.3) is 11.6 Å². The van der Waals surface area contributed by atoms with Crippen LogP contribution < -0.4 is 5.32 Å². The third-order valence-electron chi connectivity index (χ3n) is 4.86. The molecule has 1 amide bonds. The van der Waals surface area contributed by atoms with Gasteiger partial charge in [0.1, 0.15) is 0 Å². The number of carbonyl (C=O) groups excluding carboxylic acids is 1. The molecule has 6 nitrogen and oxygen atoms in total. The molecular weight excluding hydrogens is 410 g/mol. The van der Waals surface area contributed by atoms with Crippen molar-refractivity contribution in [3.8, 4) is 21.7 Å². The first kappa shape index (κ1) is 20.4. The summed E-state index contributed by atoms with van der Waals surface area (Å²) < 4.78 is 0. The minimum atomic E-state index is -0.429. The Morgan fingerprint density at radius 2 is 1.71 bits per heavy atom. The number of nitrogens with one attached hydrogen (secondary N) is 1. The highest BCUT2D eigenvalue weighted by molar-refractivity contribution is 7.19. The molecule has 1 heterocycles. The largest absolute Gasteiger partial charge is 0.298 e. The van der Waals surface area contributed by atoms with Gasteiger partial charge in [0, 0.05) is 23.3 Å². The molecule has 0 atom stereocenters. The van der Waals surface area contributed by atoms with Crippen LogP contribution in [-0.2, 0) is 0 Å². The summed E-state index contributed by atoms with van der Waals surface area (Å²) >= 11 is 1.38. The lowest BCUT2D eigenvalue weighted by Gasteiger charge is -2.07. The first-order valence-electron chi connectivity index (χ1n) is 9.62. The van der Waals surface area contributed by atoms with Gasteiger partial charge in [-0.05, 0) is 49.2 Å². The highest BCUT2D eigenvalue weighted by atomic mass is 32.1. The molecule has 0 bridgehead atoms. The summed E-state index contributed by atoms with van der Waals surface area (Å²) in [5.41, 5.74) is 5.24. The Morgan fingerprint density at radius 1 is 1.00 bits per heavy atom. The van der Waals surface area contributed by atoms with Gasteiger partial charge in [-0.15, -0.1) is 0 Å². The van der Waals surface area contributed by atoms with Gasteiger partial charge in [0.15, 0.2) is 5.13 Å². The van der Waals surface area contributed by atoms with Crippen molar-refractivity contribution >= 4 is 28.1 Å². The second-order valence-electron chi connectivity index (χ2n) is 7.14. The number of aryl methyl sites for hydroxylation is 2. The maximum atomic E-state index is 12.6. The van der Waals surface area contributed by atoms with Crippen LogP contribution in [0.25, 0.3) is 21.7 Å². The minimum Gasteiger partial charge on any atom is -0.298 e. The van der Waals surface area contributed by atoms with Crippen molar-refractivity contribution in [2.45, 2.75) is 13.8 Å². The van der Waals surface area contributed by atoms with Gasteiger partial charge in [-0.3, -0.25) is 20.2 Å². The number of nitro groups is 1. The summed E-state index contributed by atoms with van der Waals surface area (Å²) in [6.45, 7) is 4.07. The highest BCUT2D eigenvalue weighted by Crippen LogP contribution is 2.41. The fraction of sp³-hybridized carbons (Fsp3) is 0.0833. The van der Waals surface area contributed by atoms with Crippen molar-refractivity contribution in [1.82, 2.24) is 4.98 Å². The lowest BCUT2D eigenvalue weighted by Crippen LogP contribution is -2.11. The minimum absolute atomic E-state index is 0.0182. The molecule has 7 heteroatoms. The van der Waals surface area contributed by atoms with Gasteiger partial charge in [-0.25, -0.2) is 4.98 Å². The number of amides is 1. The molecule has 1 aromatic heterocycles. The van der Waals surface area contributed by atoms with Gasteiger partial charge in [0.05, 0.1) is 15.5 Å². The zero-order valence-corrected chi connectivity index (χ0v) is 17.8. The number of nitro benzene ring substituents is 1. The van der Waals surface area contributed by atoms with Crippen LogP contribution in [0.15, 0.2) is 72.8 Å². The number of aromatic nitrogens is 1. The van der Waals surface area contributed by atoms with Crippen molar-refractivity contribution in [3.05, 3.63) is 99.6 Å². The summed E-state index contributed by atoms with van der Waals surface area (Å²) in [4.78, 5) is 28.8. The molecular formula is C24H19N3O3S. The zero-order valence-electron chi connectivity index (χ0n) is 17.0. The van der Waals surface area contributed by atoms with Gasteiger partial charge < -0.3 is 0 Å². The summed E-state index contributed by atoms with van der Waals surface area (Å²) in [7, 11) is 0. The quantitative estimate of drug-likeness (QED) is 0.300. The Bertz CT molecular complexity index is 1270. The van der Waals surface area contributed by atoms with Gasteiger partial charge in [0.2, 0.25) is 0 Å². The van der Waals surface area contributed by atoms with Crippen LogP contribution in [-0.4, -0.2) is 15.8 Å². The number of anilines is 1. The van der Waals surface area contributed by atoms with E-state index in [2.05, 4.69) is 16.4 Å².